The number of rotatable bonds is 11. The van der Waals surface area contributed by atoms with E-state index in [-0.39, 0.29) is 29.2 Å². The third kappa shape index (κ3) is 6.93. The molecule has 146 valence electrons. The third-order valence-electron chi connectivity index (χ3n) is 3.25. The van der Waals surface area contributed by atoms with Crippen molar-refractivity contribution < 1.29 is 23.9 Å². The summed E-state index contributed by atoms with van der Waals surface area (Å²) in [5.41, 5.74) is -0.168. The number of hydrogen-bond acceptors (Lipinski definition) is 8. The van der Waals surface area contributed by atoms with Gasteiger partial charge in [0.15, 0.2) is 6.29 Å². The Kier molecular flexibility index (Phi) is 9.28. The Morgan fingerprint density at radius 2 is 2.04 bits per heavy atom. The van der Waals surface area contributed by atoms with Crippen molar-refractivity contribution >= 4 is 17.3 Å². The van der Waals surface area contributed by atoms with Crippen molar-refractivity contribution in [3.05, 3.63) is 40.1 Å². The highest BCUT2D eigenvalue weighted by Crippen LogP contribution is 2.29. The number of benzene rings is 1. The summed E-state index contributed by atoms with van der Waals surface area (Å²) in [6.45, 7) is 4.82. The van der Waals surface area contributed by atoms with Crippen molar-refractivity contribution in [2.75, 3.05) is 32.2 Å². The molecule has 0 saturated heterocycles. The minimum atomic E-state index is -0.693. The molecule has 0 saturated carbocycles. The summed E-state index contributed by atoms with van der Waals surface area (Å²) in [7, 11) is 1.32. The number of methoxy groups -OCH3 is 1. The van der Waals surface area contributed by atoms with Crippen LogP contribution in [0.3, 0.4) is 0 Å². The Balaban J connectivity index is 2.81. The SMILES string of the molecule is CCOC(CN/C=C(/C#N)C(=O)Nc1ccc([N+](=O)[O-])cc1OC)OCC. The van der Waals surface area contributed by atoms with Crippen LogP contribution in [0.5, 0.6) is 5.75 Å². The Labute approximate surface area is 156 Å². The number of amides is 1. The molecule has 2 N–H and O–H groups in total. The van der Waals surface area contributed by atoms with E-state index in [2.05, 4.69) is 10.6 Å². The molecular weight excluding hydrogens is 356 g/mol. The number of nitrogens with one attached hydrogen (secondary N) is 2. The third-order valence-corrected chi connectivity index (χ3v) is 3.25. The number of nitrogens with zero attached hydrogens (tertiary/aromatic N) is 2. The molecule has 0 aliphatic carbocycles. The Bertz CT molecular complexity index is 723. The molecule has 0 aliphatic heterocycles. The van der Waals surface area contributed by atoms with E-state index < -0.39 is 17.1 Å². The average Bonchev–Trinajstić information content (AvgIpc) is 2.65. The van der Waals surface area contributed by atoms with Crippen molar-refractivity contribution in [2.24, 2.45) is 0 Å². The molecule has 0 atom stereocenters. The second-order valence-electron chi connectivity index (χ2n) is 5.01. The summed E-state index contributed by atoms with van der Waals surface area (Å²) in [6, 6.07) is 5.52. The van der Waals surface area contributed by atoms with E-state index in [0.29, 0.717) is 13.2 Å². The zero-order valence-corrected chi connectivity index (χ0v) is 15.4. The molecule has 27 heavy (non-hydrogen) atoms. The minimum Gasteiger partial charge on any atom is -0.494 e. The maximum absolute atomic E-state index is 12.3. The first kappa shape index (κ1) is 21.9. The molecule has 0 heterocycles. The van der Waals surface area contributed by atoms with E-state index in [1.165, 1.54) is 31.5 Å². The van der Waals surface area contributed by atoms with Gasteiger partial charge in [0.05, 0.1) is 30.3 Å². The maximum Gasteiger partial charge on any atom is 0.273 e. The van der Waals surface area contributed by atoms with Gasteiger partial charge in [-0.05, 0) is 19.9 Å². The molecule has 0 unspecified atom stereocenters. The van der Waals surface area contributed by atoms with E-state index in [1.54, 1.807) is 6.07 Å². The first-order valence-electron chi connectivity index (χ1n) is 8.17. The number of carbonyl (C=O) groups excluding carboxylic acids is 1. The van der Waals surface area contributed by atoms with Gasteiger partial charge in [-0.2, -0.15) is 5.26 Å². The molecule has 0 bridgehead atoms. The van der Waals surface area contributed by atoms with Gasteiger partial charge < -0.3 is 24.8 Å². The predicted octanol–water partition coefficient (Wildman–Crippen LogP) is 1.94. The first-order valence-corrected chi connectivity index (χ1v) is 8.17. The summed E-state index contributed by atoms with van der Waals surface area (Å²) < 4.78 is 15.7. The molecule has 0 spiro atoms. The highest BCUT2D eigenvalue weighted by atomic mass is 16.7. The van der Waals surface area contributed by atoms with E-state index in [9.17, 15) is 20.2 Å². The summed E-state index contributed by atoms with van der Waals surface area (Å²) in [5.74, 6) is -0.586. The van der Waals surface area contributed by atoms with Crippen LogP contribution in [0.4, 0.5) is 11.4 Å². The number of carbonyl (C=O) groups is 1. The Hall–Kier alpha value is -3.16. The topological polar surface area (TPSA) is 136 Å². The van der Waals surface area contributed by atoms with E-state index in [0.717, 1.165) is 0 Å². The lowest BCUT2D eigenvalue weighted by molar-refractivity contribution is -0.384. The molecular formula is C17H22N4O6. The van der Waals surface area contributed by atoms with Crippen LogP contribution in [0.25, 0.3) is 0 Å². The van der Waals surface area contributed by atoms with Gasteiger partial charge in [0, 0.05) is 25.5 Å². The van der Waals surface area contributed by atoms with Crippen LogP contribution in [-0.4, -0.2) is 44.0 Å². The van der Waals surface area contributed by atoms with Gasteiger partial charge in [0.1, 0.15) is 17.4 Å². The van der Waals surface area contributed by atoms with Gasteiger partial charge >= 0.3 is 0 Å². The standard InChI is InChI=1S/C17H22N4O6/c1-4-26-16(27-5-2)11-19-10-12(9-18)17(22)20-14-7-6-13(21(23)24)8-15(14)25-3/h6-8,10,16,19H,4-5,11H2,1-3H3,(H,20,22)/b12-10-. The molecule has 1 aromatic rings. The summed E-state index contributed by atoms with van der Waals surface area (Å²) in [5, 5.41) is 25.3. The second-order valence-corrected chi connectivity index (χ2v) is 5.01. The number of non-ortho nitro benzene ring substituents is 1. The minimum absolute atomic E-state index is 0.107. The smallest absolute Gasteiger partial charge is 0.273 e. The fourth-order valence-corrected chi connectivity index (χ4v) is 2.03. The van der Waals surface area contributed by atoms with Gasteiger partial charge in [-0.3, -0.25) is 14.9 Å². The lowest BCUT2D eigenvalue weighted by atomic mass is 10.2. The molecule has 0 fully saturated rings. The Morgan fingerprint density at radius 1 is 1.37 bits per heavy atom. The zero-order chi connectivity index (χ0) is 20.2. The highest BCUT2D eigenvalue weighted by molar-refractivity contribution is 6.07. The van der Waals surface area contributed by atoms with Gasteiger partial charge in [-0.25, -0.2) is 0 Å². The molecule has 1 amide bonds. The molecule has 10 heteroatoms. The summed E-state index contributed by atoms with van der Waals surface area (Å²) >= 11 is 0. The van der Waals surface area contributed by atoms with Crippen LogP contribution < -0.4 is 15.4 Å². The van der Waals surface area contributed by atoms with Crippen LogP contribution in [-0.2, 0) is 14.3 Å². The molecule has 0 aromatic heterocycles. The lowest BCUT2D eigenvalue weighted by Crippen LogP contribution is -2.29. The number of anilines is 1. The number of nitro benzene ring substituents is 1. The molecule has 1 aromatic carbocycles. The van der Waals surface area contributed by atoms with Crippen molar-refractivity contribution in [2.45, 2.75) is 20.1 Å². The van der Waals surface area contributed by atoms with Crippen LogP contribution in [0.15, 0.2) is 30.0 Å². The van der Waals surface area contributed by atoms with Crippen molar-refractivity contribution in [3.8, 4) is 11.8 Å². The summed E-state index contributed by atoms with van der Waals surface area (Å²) in [6.07, 6.45) is 0.743. The fourth-order valence-electron chi connectivity index (χ4n) is 2.03. The van der Waals surface area contributed by atoms with Crippen LogP contribution in [0.2, 0.25) is 0 Å². The normalized spacial score (nSPS) is 11.0. The van der Waals surface area contributed by atoms with E-state index >= 15 is 0 Å². The Morgan fingerprint density at radius 3 is 2.56 bits per heavy atom. The predicted molar refractivity (Wildman–Crippen MR) is 97.0 cm³/mol. The molecule has 10 nitrogen and oxygen atoms in total. The molecule has 1 rings (SSSR count). The van der Waals surface area contributed by atoms with Gasteiger partial charge in [-0.1, -0.05) is 0 Å². The quantitative estimate of drug-likeness (QED) is 0.196. The maximum atomic E-state index is 12.3. The second kappa shape index (κ2) is 11.5. The van der Waals surface area contributed by atoms with Gasteiger partial charge in [-0.15, -0.1) is 0 Å². The van der Waals surface area contributed by atoms with Crippen molar-refractivity contribution in [1.82, 2.24) is 5.32 Å². The van der Waals surface area contributed by atoms with Gasteiger partial charge in [0.2, 0.25) is 0 Å². The largest absolute Gasteiger partial charge is 0.494 e. The lowest BCUT2D eigenvalue weighted by Gasteiger charge is -2.16. The summed E-state index contributed by atoms with van der Waals surface area (Å²) in [4.78, 5) is 22.5. The average molecular weight is 378 g/mol. The van der Waals surface area contributed by atoms with Crippen molar-refractivity contribution in [1.29, 1.82) is 5.26 Å². The first-order chi connectivity index (χ1) is 13.0. The number of hydrogen-bond donors (Lipinski definition) is 2. The number of ether oxygens (including phenoxy) is 3. The highest BCUT2D eigenvalue weighted by Gasteiger charge is 2.16. The zero-order valence-electron chi connectivity index (χ0n) is 15.4. The van der Waals surface area contributed by atoms with Gasteiger partial charge in [0.25, 0.3) is 11.6 Å². The monoisotopic (exact) mass is 378 g/mol. The number of nitro groups is 1. The van der Waals surface area contributed by atoms with E-state index in [1.807, 2.05) is 13.8 Å². The van der Waals surface area contributed by atoms with Crippen LogP contribution in [0.1, 0.15) is 13.8 Å². The van der Waals surface area contributed by atoms with Crippen LogP contribution in [0, 0.1) is 21.4 Å². The fraction of sp³-hybridized carbons (Fsp3) is 0.412. The molecule has 0 radical (unpaired) electrons. The molecule has 0 aliphatic rings. The van der Waals surface area contributed by atoms with Crippen LogP contribution >= 0.6 is 0 Å². The van der Waals surface area contributed by atoms with Crippen molar-refractivity contribution in [3.63, 3.8) is 0 Å². The number of nitriles is 1. The van der Waals surface area contributed by atoms with E-state index in [4.69, 9.17) is 14.2 Å².